The van der Waals surface area contributed by atoms with Gasteiger partial charge in [0.05, 0.1) is 21.5 Å². The number of aliphatic hydroxyl groups excluding tert-OH is 1. The van der Waals surface area contributed by atoms with Gasteiger partial charge in [-0.1, -0.05) is 35.9 Å². The highest BCUT2D eigenvalue weighted by atomic mass is 35.5. The highest BCUT2D eigenvalue weighted by Crippen LogP contribution is 2.40. The summed E-state index contributed by atoms with van der Waals surface area (Å²) in [5, 5.41) is 15.0. The lowest BCUT2D eigenvalue weighted by molar-refractivity contribution is 0.171. The number of hydrogen-bond acceptors (Lipinski definition) is 7. The number of halogens is 1. The van der Waals surface area contributed by atoms with Crippen molar-refractivity contribution in [1.29, 1.82) is 0 Å². The molecule has 2 aliphatic rings. The fraction of sp³-hybridized carbons (Fsp3) is 0.269. The summed E-state index contributed by atoms with van der Waals surface area (Å²) in [4.78, 5) is 2.28. The van der Waals surface area contributed by atoms with Crippen LogP contribution in [0.4, 0.5) is 11.5 Å². The standard InChI is InChI=1S/C26H24ClN3O3S/c27-25-19(17-5-6-22-23(13-17)33-11-10-32-22)2-1-3-21(25)28-26-20-12-16(4-7-24(20)34-29-26)14-30-9-8-18(31)15-30/h1-7,12-13,18,31H,8-11,14-15H2,(H,28,29). The van der Waals surface area contributed by atoms with Gasteiger partial charge in [0.1, 0.15) is 13.2 Å². The monoisotopic (exact) mass is 493 g/mol. The van der Waals surface area contributed by atoms with E-state index in [1.807, 2.05) is 36.4 Å². The summed E-state index contributed by atoms with van der Waals surface area (Å²) in [6.07, 6.45) is 0.625. The van der Waals surface area contributed by atoms with Crippen molar-refractivity contribution < 1.29 is 14.6 Å². The third kappa shape index (κ3) is 4.20. The van der Waals surface area contributed by atoms with Crippen LogP contribution in [0.1, 0.15) is 12.0 Å². The molecule has 1 fully saturated rings. The summed E-state index contributed by atoms with van der Waals surface area (Å²) in [5.41, 5.74) is 3.89. The van der Waals surface area contributed by atoms with Crippen molar-refractivity contribution in [1.82, 2.24) is 9.27 Å². The smallest absolute Gasteiger partial charge is 0.161 e. The molecule has 3 aromatic carbocycles. The van der Waals surface area contributed by atoms with Crippen molar-refractivity contribution in [2.75, 3.05) is 31.6 Å². The molecule has 174 valence electrons. The number of hydrogen-bond donors (Lipinski definition) is 2. The summed E-state index contributed by atoms with van der Waals surface area (Å²) in [6, 6.07) is 18.3. The molecule has 4 aromatic rings. The van der Waals surface area contributed by atoms with Crippen LogP contribution in [-0.4, -0.2) is 46.8 Å². The zero-order valence-electron chi connectivity index (χ0n) is 18.5. The van der Waals surface area contributed by atoms with Gasteiger partial charge in [-0.15, -0.1) is 0 Å². The van der Waals surface area contributed by atoms with Crippen LogP contribution in [-0.2, 0) is 6.54 Å². The molecule has 0 radical (unpaired) electrons. The lowest BCUT2D eigenvalue weighted by Crippen LogP contribution is -2.21. The molecule has 2 aliphatic heterocycles. The van der Waals surface area contributed by atoms with Gasteiger partial charge >= 0.3 is 0 Å². The predicted molar refractivity (Wildman–Crippen MR) is 137 cm³/mol. The maximum atomic E-state index is 9.83. The second-order valence-corrected chi connectivity index (χ2v) is 9.87. The molecule has 1 aromatic heterocycles. The van der Waals surface area contributed by atoms with E-state index in [0.717, 1.165) is 70.3 Å². The average Bonchev–Trinajstić information content (AvgIpc) is 3.45. The van der Waals surface area contributed by atoms with Crippen molar-refractivity contribution >= 4 is 44.7 Å². The fourth-order valence-corrected chi connectivity index (χ4v) is 5.58. The Morgan fingerprint density at radius 1 is 1.09 bits per heavy atom. The Bertz CT molecular complexity index is 1360. The Balaban J connectivity index is 1.28. The second-order valence-electron chi connectivity index (χ2n) is 8.69. The first-order valence-electron chi connectivity index (χ1n) is 11.4. The normalized spacial score (nSPS) is 17.9. The highest BCUT2D eigenvalue weighted by molar-refractivity contribution is 7.13. The average molecular weight is 494 g/mol. The summed E-state index contributed by atoms with van der Waals surface area (Å²) < 4.78 is 17.2. The number of fused-ring (bicyclic) bond motifs is 2. The first-order valence-corrected chi connectivity index (χ1v) is 12.5. The van der Waals surface area contributed by atoms with Gasteiger partial charge in [-0.2, -0.15) is 4.37 Å². The predicted octanol–water partition coefficient (Wildman–Crippen LogP) is 5.70. The van der Waals surface area contributed by atoms with Crippen LogP contribution in [0.3, 0.4) is 0 Å². The molecule has 6 rings (SSSR count). The van der Waals surface area contributed by atoms with E-state index in [0.29, 0.717) is 18.2 Å². The third-order valence-electron chi connectivity index (χ3n) is 6.29. The number of rotatable bonds is 5. The largest absolute Gasteiger partial charge is 0.486 e. The Morgan fingerprint density at radius 3 is 2.82 bits per heavy atom. The van der Waals surface area contributed by atoms with E-state index in [4.69, 9.17) is 21.1 Å². The first-order chi connectivity index (χ1) is 16.6. The van der Waals surface area contributed by atoms with E-state index in [9.17, 15) is 5.11 Å². The molecule has 1 atom stereocenters. The van der Waals surface area contributed by atoms with E-state index in [-0.39, 0.29) is 6.10 Å². The molecule has 6 nitrogen and oxygen atoms in total. The van der Waals surface area contributed by atoms with E-state index in [1.165, 1.54) is 17.1 Å². The SMILES string of the molecule is OC1CCN(Cc2ccc3snc(Nc4cccc(-c5ccc6c(c5)OCCO6)c4Cl)c3c2)C1. The van der Waals surface area contributed by atoms with Gasteiger partial charge in [0.25, 0.3) is 0 Å². The van der Waals surface area contributed by atoms with Gasteiger partial charge < -0.3 is 19.9 Å². The summed E-state index contributed by atoms with van der Waals surface area (Å²) in [7, 11) is 0. The minimum Gasteiger partial charge on any atom is -0.486 e. The van der Waals surface area contributed by atoms with Crippen LogP contribution in [0.2, 0.25) is 5.02 Å². The Kier molecular flexibility index (Phi) is 5.79. The van der Waals surface area contributed by atoms with Gasteiger partial charge in [-0.05, 0) is 59.4 Å². The van der Waals surface area contributed by atoms with Crippen molar-refractivity contribution in [2.24, 2.45) is 0 Å². The maximum Gasteiger partial charge on any atom is 0.161 e. The van der Waals surface area contributed by atoms with Gasteiger partial charge in [0, 0.05) is 30.6 Å². The lowest BCUT2D eigenvalue weighted by atomic mass is 10.0. The van der Waals surface area contributed by atoms with Crippen molar-refractivity contribution in [3.8, 4) is 22.6 Å². The quantitative estimate of drug-likeness (QED) is 0.372. The molecule has 0 amide bonds. The molecule has 34 heavy (non-hydrogen) atoms. The number of likely N-dealkylation sites (tertiary alicyclic amines) is 1. The molecule has 1 saturated heterocycles. The summed E-state index contributed by atoms with van der Waals surface area (Å²) in [5.74, 6) is 2.29. The molecule has 3 heterocycles. The van der Waals surface area contributed by atoms with E-state index in [1.54, 1.807) is 0 Å². The number of ether oxygens (including phenoxy) is 2. The van der Waals surface area contributed by atoms with Gasteiger partial charge in [0.2, 0.25) is 0 Å². The van der Waals surface area contributed by atoms with Gasteiger partial charge in [-0.25, -0.2) is 0 Å². The zero-order chi connectivity index (χ0) is 23.1. The lowest BCUT2D eigenvalue weighted by Gasteiger charge is -2.19. The number of anilines is 2. The van der Waals surface area contributed by atoms with Crippen LogP contribution in [0.5, 0.6) is 11.5 Å². The Morgan fingerprint density at radius 2 is 1.97 bits per heavy atom. The zero-order valence-corrected chi connectivity index (χ0v) is 20.0. The van der Waals surface area contributed by atoms with E-state index >= 15 is 0 Å². The minimum absolute atomic E-state index is 0.215. The topological polar surface area (TPSA) is 66.9 Å². The van der Waals surface area contributed by atoms with Crippen molar-refractivity contribution in [2.45, 2.75) is 19.1 Å². The molecular formula is C26H24ClN3O3S. The fourth-order valence-electron chi connectivity index (χ4n) is 4.58. The number of nitrogens with one attached hydrogen (secondary N) is 1. The van der Waals surface area contributed by atoms with Crippen molar-refractivity contribution in [3.05, 3.63) is 65.2 Å². The Hall–Kier alpha value is -2.84. The van der Waals surface area contributed by atoms with Crippen molar-refractivity contribution in [3.63, 3.8) is 0 Å². The molecule has 0 bridgehead atoms. The van der Waals surface area contributed by atoms with Gasteiger partial charge in [-0.3, -0.25) is 4.90 Å². The van der Waals surface area contributed by atoms with E-state index < -0.39 is 0 Å². The number of β-amino-alcohol motifs (C(OH)–C–C–N with tert-alkyl or cyclic N) is 1. The van der Waals surface area contributed by atoms with Crippen LogP contribution in [0.25, 0.3) is 21.2 Å². The highest BCUT2D eigenvalue weighted by Gasteiger charge is 2.21. The molecule has 2 N–H and O–H groups in total. The van der Waals surface area contributed by atoms with Crippen LogP contribution in [0, 0.1) is 0 Å². The summed E-state index contributed by atoms with van der Waals surface area (Å²) in [6.45, 7) is 3.59. The first kappa shape index (κ1) is 21.7. The van der Waals surface area contributed by atoms with Gasteiger partial charge in [0.15, 0.2) is 17.3 Å². The minimum atomic E-state index is -0.215. The third-order valence-corrected chi connectivity index (χ3v) is 7.53. The number of aliphatic hydroxyl groups is 1. The van der Waals surface area contributed by atoms with E-state index in [2.05, 4.69) is 32.8 Å². The molecule has 0 spiro atoms. The second kappa shape index (κ2) is 9.07. The maximum absolute atomic E-state index is 9.83. The van der Waals surface area contributed by atoms with Crippen LogP contribution >= 0.6 is 23.1 Å². The van der Waals surface area contributed by atoms with Crippen LogP contribution in [0.15, 0.2) is 54.6 Å². The molecule has 1 unspecified atom stereocenters. The molecule has 8 heteroatoms. The summed E-state index contributed by atoms with van der Waals surface area (Å²) >= 11 is 8.33. The van der Waals surface area contributed by atoms with Crippen LogP contribution < -0.4 is 14.8 Å². The number of aromatic nitrogens is 1. The number of nitrogens with zero attached hydrogens (tertiary/aromatic N) is 2. The molecule has 0 saturated carbocycles. The number of benzene rings is 3. The Labute approximate surface area is 206 Å². The molecular weight excluding hydrogens is 470 g/mol. The molecule has 0 aliphatic carbocycles.